The normalized spacial score (nSPS) is 12.3. The van der Waals surface area contributed by atoms with E-state index in [4.69, 9.17) is 9.47 Å². The van der Waals surface area contributed by atoms with Gasteiger partial charge in [0, 0.05) is 6.04 Å². The Labute approximate surface area is 108 Å². The fraction of sp³-hybridized carbons (Fsp3) is 0.500. The van der Waals surface area contributed by atoms with Crippen molar-refractivity contribution in [2.24, 2.45) is 0 Å². The smallest absolute Gasteiger partial charge is 0.307 e. The number of carbonyl (C=O) groups excluding carboxylic acids is 1. The lowest BCUT2D eigenvalue weighted by atomic mass is 10.0. The highest BCUT2D eigenvalue weighted by Crippen LogP contribution is 2.25. The predicted octanol–water partition coefficient (Wildman–Crippen LogP) is 2.25. The summed E-state index contributed by atoms with van der Waals surface area (Å²) >= 11 is 0. The van der Waals surface area contributed by atoms with Crippen LogP contribution in [0.15, 0.2) is 24.3 Å². The summed E-state index contributed by atoms with van der Waals surface area (Å²) in [5.41, 5.74) is 1.05. The molecule has 1 aromatic carbocycles. The largest absolute Gasteiger partial charge is 0.497 e. The van der Waals surface area contributed by atoms with Crippen LogP contribution in [0.25, 0.3) is 0 Å². The van der Waals surface area contributed by atoms with Crippen molar-refractivity contribution in [1.29, 1.82) is 0 Å². The molecule has 0 aliphatic carbocycles. The van der Waals surface area contributed by atoms with Crippen LogP contribution in [0.3, 0.4) is 0 Å². The van der Waals surface area contributed by atoms with Gasteiger partial charge in [-0.1, -0.05) is 12.1 Å². The van der Waals surface area contributed by atoms with Crippen LogP contribution in [0.4, 0.5) is 0 Å². The third-order valence-corrected chi connectivity index (χ3v) is 2.77. The summed E-state index contributed by atoms with van der Waals surface area (Å²) in [5.74, 6) is 0.613. The zero-order valence-corrected chi connectivity index (χ0v) is 11.5. The van der Waals surface area contributed by atoms with Gasteiger partial charge in [0.2, 0.25) is 0 Å². The summed E-state index contributed by atoms with van der Waals surface area (Å²) in [5, 5.41) is 0. The van der Waals surface area contributed by atoms with Gasteiger partial charge in [0.1, 0.15) is 5.75 Å². The Morgan fingerprint density at radius 1 is 1.39 bits per heavy atom. The third-order valence-electron chi connectivity index (χ3n) is 2.77. The molecular weight excluding hydrogens is 230 g/mol. The highest BCUT2D eigenvalue weighted by atomic mass is 16.5. The molecule has 0 radical (unpaired) electrons. The fourth-order valence-corrected chi connectivity index (χ4v) is 1.83. The maximum absolute atomic E-state index is 11.6. The first-order chi connectivity index (χ1) is 8.58. The molecule has 1 aromatic rings. The molecule has 0 aliphatic rings. The molecule has 0 aromatic heterocycles. The highest BCUT2D eigenvalue weighted by Gasteiger charge is 2.19. The van der Waals surface area contributed by atoms with Crippen molar-refractivity contribution in [2.75, 3.05) is 27.8 Å². The van der Waals surface area contributed by atoms with Crippen LogP contribution in [0, 0.1) is 0 Å². The minimum atomic E-state index is -0.181. The Hall–Kier alpha value is -1.55. The molecular formula is C14H21NO3. The van der Waals surface area contributed by atoms with Crippen molar-refractivity contribution in [3.8, 4) is 5.75 Å². The number of esters is 1. The highest BCUT2D eigenvalue weighted by molar-refractivity contribution is 5.70. The summed E-state index contributed by atoms with van der Waals surface area (Å²) in [6.07, 6.45) is 0.341. The lowest BCUT2D eigenvalue weighted by Gasteiger charge is -2.24. The monoisotopic (exact) mass is 251 g/mol. The molecule has 0 aliphatic heterocycles. The third kappa shape index (κ3) is 4.04. The van der Waals surface area contributed by atoms with Crippen molar-refractivity contribution >= 4 is 5.97 Å². The van der Waals surface area contributed by atoms with E-state index in [1.165, 1.54) is 0 Å². The van der Waals surface area contributed by atoms with Crippen LogP contribution in [-0.4, -0.2) is 38.7 Å². The van der Waals surface area contributed by atoms with Crippen LogP contribution in [-0.2, 0) is 9.53 Å². The number of benzene rings is 1. The number of methoxy groups -OCH3 is 1. The molecule has 0 amide bonds. The summed E-state index contributed by atoms with van der Waals surface area (Å²) in [7, 11) is 5.53. The van der Waals surface area contributed by atoms with E-state index >= 15 is 0 Å². The van der Waals surface area contributed by atoms with Crippen molar-refractivity contribution in [1.82, 2.24) is 4.90 Å². The summed E-state index contributed by atoms with van der Waals surface area (Å²) in [4.78, 5) is 13.6. The van der Waals surface area contributed by atoms with E-state index in [0.29, 0.717) is 13.0 Å². The van der Waals surface area contributed by atoms with Gasteiger partial charge in [-0.05, 0) is 38.7 Å². The minimum absolute atomic E-state index is 0.000787. The molecule has 0 heterocycles. The average Bonchev–Trinajstić information content (AvgIpc) is 2.36. The molecule has 0 saturated heterocycles. The van der Waals surface area contributed by atoms with Crippen LogP contribution in [0.5, 0.6) is 5.75 Å². The molecule has 0 bridgehead atoms. The molecule has 0 spiro atoms. The minimum Gasteiger partial charge on any atom is -0.497 e. The van der Waals surface area contributed by atoms with E-state index in [1.54, 1.807) is 7.11 Å². The van der Waals surface area contributed by atoms with Gasteiger partial charge in [-0.25, -0.2) is 0 Å². The van der Waals surface area contributed by atoms with Gasteiger partial charge in [-0.15, -0.1) is 0 Å². The lowest BCUT2D eigenvalue weighted by molar-refractivity contribution is -0.144. The van der Waals surface area contributed by atoms with Gasteiger partial charge in [-0.3, -0.25) is 4.79 Å². The maximum Gasteiger partial charge on any atom is 0.307 e. The molecule has 4 nitrogen and oxygen atoms in total. The first kappa shape index (κ1) is 14.5. The van der Waals surface area contributed by atoms with Crippen LogP contribution >= 0.6 is 0 Å². The molecule has 100 valence electrons. The number of hydrogen-bond acceptors (Lipinski definition) is 4. The van der Waals surface area contributed by atoms with E-state index < -0.39 is 0 Å². The van der Waals surface area contributed by atoms with Crippen molar-refractivity contribution in [3.63, 3.8) is 0 Å². The van der Waals surface area contributed by atoms with Crippen LogP contribution in [0.1, 0.15) is 24.9 Å². The Kier molecular flexibility index (Phi) is 5.65. The second kappa shape index (κ2) is 7.01. The van der Waals surface area contributed by atoms with Gasteiger partial charge in [0.25, 0.3) is 0 Å². The number of rotatable bonds is 6. The number of hydrogen-bond donors (Lipinski definition) is 0. The van der Waals surface area contributed by atoms with E-state index in [0.717, 1.165) is 11.3 Å². The quantitative estimate of drug-likeness (QED) is 0.727. The molecule has 4 heteroatoms. The topological polar surface area (TPSA) is 38.8 Å². The Morgan fingerprint density at radius 2 is 2.11 bits per heavy atom. The van der Waals surface area contributed by atoms with E-state index in [-0.39, 0.29) is 12.0 Å². The molecule has 0 fully saturated rings. The first-order valence-corrected chi connectivity index (χ1v) is 6.04. The van der Waals surface area contributed by atoms with E-state index in [9.17, 15) is 4.79 Å². The summed E-state index contributed by atoms with van der Waals surface area (Å²) < 4.78 is 10.2. The number of nitrogens with zero attached hydrogens (tertiary/aromatic N) is 1. The predicted molar refractivity (Wildman–Crippen MR) is 70.7 cm³/mol. The van der Waals surface area contributed by atoms with Gasteiger partial charge < -0.3 is 14.4 Å². The van der Waals surface area contributed by atoms with E-state index in [1.807, 2.05) is 50.2 Å². The summed E-state index contributed by atoms with van der Waals surface area (Å²) in [6, 6.07) is 7.76. The van der Waals surface area contributed by atoms with Crippen molar-refractivity contribution in [2.45, 2.75) is 19.4 Å². The molecule has 0 N–H and O–H groups in total. The van der Waals surface area contributed by atoms with Crippen molar-refractivity contribution in [3.05, 3.63) is 29.8 Å². The Balaban J connectivity index is 2.86. The van der Waals surface area contributed by atoms with Crippen molar-refractivity contribution < 1.29 is 14.3 Å². The van der Waals surface area contributed by atoms with Gasteiger partial charge in [0.05, 0.1) is 20.1 Å². The second-order valence-electron chi connectivity index (χ2n) is 4.27. The SMILES string of the molecule is CCOC(=O)CC(c1cccc(OC)c1)N(C)C. The first-order valence-electron chi connectivity index (χ1n) is 6.04. The maximum atomic E-state index is 11.6. The standard InChI is InChI=1S/C14H21NO3/c1-5-18-14(16)10-13(15(2)3)11-7-6-8-12(9-11)17-4/h6-9,13H,5,10H2,1-4H3. The zero-order chi connectivity index (χ0) is 13.5. The lowest BCUT2D eigenvalue weighted by Crippen LogP contribution is -2.23. The zero-order valence-electron chi connectivity index (χ0n) is 11.5. The molecule has 0 saturated carbocycles. The van der Waals surface area contributed by atoms with Crippen LogP contribution < -0.4 is 4.74 Å². The average molecular weight is 251 g/mol. The van der Waals surface area contributed by atoms with Gasteiger partial charge >= 0.3 is 5.97 Å². The summed E-state index contributed by atoms with van der Waals surface area (Å²) in [6.45, 7) is 2.23. The Bertz CT molecular complexity index is 390. The van der Waals surface area contributed by atoms with Gasteiger partial charge in [0.15, 0.2) is 0 Å². The van der Waals surface area contributed by atoms with E-state index in [2.05, 4.69) is 0 Å². The molecule has 18 heavy (non-hydrogen) atoms. The van der Waals surface area contributed by atoms with Gasteiger partial charge in [-0.2, -0.15) is 0 Å². The number of carbonyl (C=O) groups is 1. The second-order valence-corrected chi connectivity index (χ2v) is 4.27. The number of ether oxygens (including phenoxy) is 2. The molecule has 1 atom stereocenters. The molecule has 1 unspecified atom stereocenters. The fourth-order valence-electron chi connectivity index (χ4n) is 1.83. The molecule has 1 rings (SSSR count). The Morgan fingerprint density at radius 3 is 2.67 bits per heavy atom. The van der Waals surface area contributed by atoms with Crippen LogP contribution in [0.2, 0.25) is 0 Å².